The van der Waals surface area contributed by atoms with Crippen LogP contribution >= 0.6 is 11.3 Å². The number of para-hydroxylation sites is 1. The van der Waals surface area contributed by atoms with Crippen LogP contribution in [0.15, 0.2) is 54.7 Å². The van der Waals surface area contributed by atoms with Gasteiger partial charge in [0.15, 0.2) is 0 Å². The van der Waals surface area contributed by atoms with Crippen molar-refractivity contribution < 1.29 is 9.53 Å². The van der Waals surface area contributed by atoms with Gasteiger partial charge in [-0.05, 0) is 42.2 Å². The summed E-state index contributed by atoms with van der Waals surface area (Å²) < 4.78 is 5.26. The molecule has 1 amide bonds. The van der Waals surface area contributed by atoms with Gasteiger partial charge in [-0.3, -0.25) is 4.79 Å². The summed E-state index contributed by atoms with van der Waals surface area (Å²) in [6.07, 6.45) is 3.61. The first-order valence-corrected chi connectivity index (χ1v) is 11.2. The van der Waals surface area contributed by atoms with E-state index in [2.05, 4.69) is 37.9 Å². The molecule has 1 unspecified atom stereocenters. The number of aromatic nitrogens is 1. The summed E-state index contributed by atoms with van der Waals surface area (Å²) in [4.78, 5) is 21.4. The van der Waals surface area contributed by atoms with Gasteiger partial charge in [-0.1, -0.05) is 44.2 Å². The molecule has 0 bridgehead atoms. The quantitative estimate of drug-likeness (QED) is 0.514. The van der Waals surface area contributed by atoms with Crippen LogP contribution in [0.1, 0.15) is 41.8 Å². The molecule has 4 rings (SSSR count). The second-order valence-corrected chi connectivity index (χ2v) is 9.78. The molecular formula is C25H28N2O2S. The number of methoxy groups -OCH3 is 1. The van der Waals surface area contributed by atoms with E-state index in [9.17, 15) is 4.79 Å². The summed E-state index contributed by atoms with van der Waals surface area (Å²) in [5.74, 6) is 1.55. The number of anilines is 1. The SMILES string of the molecule is COc1ccc(CN2C(=O)C(C)(Cc3cnc(CC(C)C)s3)c3ccccc32)cc1. The largest absolute Gasteiger partial charge is 0.497 e. The zero-order valence-electron chi connectivity index (χ0n) is 18.0. The Labute approximate surface area is 182 Å². The van der Waals surface area contributed by atoms with Crippen LogP contribution in [0, 0.1) is 5.92 Å². The molecule has 0 radical (unpaired) electrons. The Hall–Kier alpha value is -2.66. The number of amides is 1. The monoisotopic (exact) mass is 420 g/mol. The topological polar surface area (TPSA) is 42.4 Å². The molecule has 2 heterocycles. The van der Waals surface area contributed by atoms with Gasteiger partial charge >= 0.3 is 0 Å². The number of carbonyl (C=O) groups excluding carboxylic acids is 1. The second kappa shape index (κ2) is 8.23. The van der Waals surface area contributed by atoms with Gasteiger partial charge in [-0.2, -0.15) is 0 Å². The number of hydrogen-bond acceptors (Lipinski definition) is 4. The molecule has 1 aromatic heterocycles. The highest BCUT2D eigenvalue weighted by atomic mass is 32.1. The third-order valence-corrected chi connectivity index (χ3v) is 6.74. The van der Waals surface area contributed by atoms with Crippen LogP contribution in [0.4, 0.5) is 5.69 Å². The highest BCUT2D eigenvalue weighted by Gasteiger charge is 2.47. The molecule has 0 N–H and O–H groups in total. The summed E-state index contributed by atoms with van der Waals surface area (Å²) in [5, 5.41) is 1.15. The van der Waals surface area contributed by atoms with Crippen molar-refractivity contribution in [1.29, 1.82) is 0 Å². The van der Waals surface area contributed by atoms with E-state index < -0.39 is 5.41 Å². The normalized spacial score (nSPS) is 18.2. The Morgan fingerprint density at radius 2 is 1.87 bits per heavy atom. The van der Waals surface area contributed by atoms with Gasteiger partial charge in [0.2, 0.25) is 5.91 Å². The van der Waals surface area contributed by atoms with Gasteiger partial charge in [0.1, 0.15) is 5.75 Å². The maximum absolute atomic E-state index is 13.7. The average Bonchev–Trinajstić information content (AvgIpc) is 3.24. The van der Waals surface area contributed by atoms with Crippen molar-refractivity contribution >= 4 is 22.9 Å². The van der Waals surface area contributed by atoms with Crippen molar-refractivity contribution in [3.8, 4) is 5.75 Å². The van der Waals surface area contributed by atoms with E-state index in [1.54, 1.807) is 18.4 Å². The van der Waals surface area contributed by atoms with Crippen molar-refractivity contribution in [3.63, 3.8) is 0 Å². The molecule has 0 spiro atoms. The molecule has 2 aromatic carbocycles. The maximum atomic E-state index is 13.7. The number of benzene rings is 2. The Bertz CT molecular complexity index is 1040. The number of ether oxygens (including phenoxy) is 1. The molecule has 0 saturated carbocycles. The van der Waals surface area contributed by atoms with Crippen LogP contribution in [0.5, 0.6) is 5.75 Å². The van der Waals surface area contributed by atoms with E-state index in [0.717, 1.165) is 34.0 Å². The Morgan fingerprint density at radius 3 is 2.57 bits per heavy atom. The molecule has 0 fully saturated rings. The van der Waals surface area contributed by atoms with Gasteiger partial charge in [-0.15, -0.1) is 11.3 Å². The highest BCUT2D eigenvalue weighted by Crippen LogP contribution is 2.45. The molecule has 3 aromatic rings. The predicted molar refractivity (Wildman–Crippen MR) is 122 cm³/mol. The lowest BCUT2D eigenvalue weighted by Crippen LogP contribution is -2.39. The number of carbonyl (C=O) groups is 1. The molecule has 156 valence electrons. The minimum Gasteiger partial charge on any atom is -0.497 e. The van der Waals surface area contributed by atoms with Crippen LogP contribution in [-0.4, -0.2) is 18.0 Å². The molecule has 1 aliphatic heterocycles. The van der Waals surface area contributed by atoms with Crippen molar-refractivity contribution in [2.24, 2.45) is 5.92 Å². The lowest BCUT2D eigenvalue weighted by atomic mass is 9.80. The first kappa shape index (κ1) is 20.6. The zero-order chi connectivity index (χ0) is 21.3. The van der Waals surface area contributed by atoms with Gasteiger partial charge in [0.05, 0.1) is 24.1 Å². The number of hydrogen-bond donors (Lipinski definition) is 0. The molecule has 4 nitrogen and oxygen atoms in total. The van der Waals surface area contributed by atoms with Gasteiger partial charge in [-0.25, -0.2) is 4.98 Å². The van der Waals surface area contributed by atoms with Crippen molar-refractivity contribution in [2.75, 3.05) is 12.0 Å². The van der Waals surface area contributed by atoms with Crippen LogP contribution < -0.4 is 9.64 Å². The maximum Gasteiger partial charge on any atom is 0.238 e. The third kappa shape index (κ3) is 3.86. The smallest absolute Gasteiger partial charge is 0.238 e. The fourth-order valence-electron chi connectivity index (χ4n) is 4.16. The highest BCUT2D eigenvalue weighted by molar-refractivity contribution is 7.11. The van der Waals surface area contributed by atoms with E-state index >= 15 is 0 Å². The van der Waals surface area contributed by atoms with Crippen LogP contribution in [0.3, 0.4) is 0 Å². The molecule has 0 saturated heterocycles. The first-order valence-electron chi connectivity index (χ1n) is 10.4. The van der Waals surface area contributed by atoms with Gasteiger partial charge in [0.25, 0.3) is 0 Å². The molecule has 30 heavy (non-hydrogen) atoms. The Balaban J connectivity index is 1.62. The summed E-state index contributed by atoms with van der Waals surface area (Å²) in [5.41, 5.74) is 2.61. The number of nitrogens with zero attached hydrogens (tertiary/aromatic N) is 2. The lowest BCUT2D eigenvalue weighted by Gasteiger charge is -2.24. The van der Waals surface area contributed by atoms with Gasteiger partial charge < -0.3 is 9.64 Å². The Kier molecular flexibility index (Phi) is 5.65. The molecule has 0 aliphatic carbocycles. The third-order valence-electron chi connectivity index (χ3n) is 5.72. The fraction of sp³-hybridized carbons (Fsp3) is 0.360. The van der Waals surface area contributed by atoms with Crippen LogP contribution in [0.25, 0.3) is 0 Å². The van der Waals surface area contributed by atoms with E-state index in [1.165, 1.54) is 4.88 Å². The van der Waals surface area contributed by atoms with E-state index in [-0.39, 0.29) is 5.91 Å². The van der Waals surface area contributed by atoms with E-state index in [1.807, 2.05) is 47.5 Å². The summed E-state index contributed by atoms with van der Waals surface area (Å²) in [7, 11) is 1.66. The van der Waals surface area contributed by atoms with Crippen LogP contribution in [-0.2, 0) is 29.6 Å². The summed E-state index contributed by atoms with van der Waals surface area (Å²) in [6.45, 7) is 7.03. The number of rotatable bonds is 7. The molecular weight excluding hydrogens is 392 g/mol. The fourth-order valence-corrected chi connectivity index (χ4v) is 5.45. The number of thiazole rings is 1. The lowest BCUT2D eigenvalue weighted by molar-refractivity contribution is -0.122. The second-order valence-electron chi connectivity index (χ2n) is 8.58. The van der Waals surface area contributed by atoms with Crippen LogP contribution in [0.2, 0.25) is 0 Å². The minimum atomic E-state index is -0.579. The standard InChI is InChI=1S/C25H28N2O2S/c1-17(2)13-23-26-15-20(30-23)14-25(3)21-7-5-6-8-22(21)27(24(25)28)16-18-9-11-19(29-4)12-10-18/h5-12,15,17H,13-14,16H2,1-4H3. The molecule has 5 heteroatoms. The molecule has 1 atom stereocenters. The van der Waals surface area contributed by atoms with Gasteiger partial charge in [0, 0.05) is 29.6 Å². The first-order chi connectivity index (χ1) is 14.4. The van der Waals surface area contributed by atoms with Crippen molar-refractivity contribution in [3.05, 3.63) is 75.7 Å². The zero-order valence-corrected chi connectivity index (χ0v) is 18.8. The summed E-state index contributed by atoms with van der Waals surface area (Å²) >= 11 is 1.74. The van der Waals surface area contributed by atoms with Crippen molar-refractivity contribution in [1.82, 2.24) is 4.98 Å². The van der Waals surface area contributed by atoms with E-state index in [4.69, 9.17) is 4.74 Å². The number of fused-ring (bicyclic) bond motifs is 1. The minimum absolute atomic E-state index is 0.151. The summed E-state index contributed by atoms with van der Waals surface area (Å²) in [6, 6.07) is 16.1. The Morgan fingerprint density at radius 1 is 1.13 bits per heavy atom. The predicted octanol–water partition coefficient (Wildman–Crippen LogP) is 5.40. The van der Waals surface area contributed by atoms with Crippen molar-refractivity contribution in [2.45, 2.75) is 45.6 Å². The average molecular weight is 421 g/mol. The molecule has 1 aliphatic rings. The van der Waals surface area contributed by atoms with E-state index in [0.29, 0.717) is 18.9 Å².